The summed E-state index contributed by atoms with van der Waals surface area (Å²) in [5.74, 6) is 1.54. The third-order valence-corrected chi connectivity index (χ3v) is 4.91. The number of halogens is 2. The fraction of sp³-hybridized carbons (Fsp3) is 0.647. The van der Waals surface area contributed by atoms with Crippen LogP contribution in [0.25, 0.3) is 0 Å². The van der Waals surface area contributed by atoms with Crippen LogP contribution in [0.2, 0.25) is 0 Å². The van der Waals surface area contributed by atoms with Gasteiger partial charge < -0.3 is 20.7 Å². The van der Waals surface area contributed by atoms with Gasteiger partial charge in [-0.3, -0.25) is 4.79 Å². The normalized spacial score (nSPS) is 22.7. The van der Waals surface area contributed by atoms with Gasteiger partial charge in [-0.25, -0.2) is 4.98 Å². The Bertz CT molecular complexity index is 524. The van der Waals surface area contributed by atoms with Crippen molar-refractivity contribution in [2.24, 2.45) is 17.6 Å². The van der Waals surface area contributed by atoms with Crippen LogP contribution in [0.1, 0.15) is 24.8 Å². The molecule has 6 nitrogen and oxygen atoms in total. The summed E-state index contributed by atoms with van der Waals surface area (Å²) in [5, 5.41) is 3.04. The zero-order chi connectivity index (χ0) is 16.1. The molecule has 3 N–H and O–H groups in total. The van der Waals surface area contributed by atoms with Gasteiger partial charge in [-0.05, 0) is 36.9 Å². The maximum atomic E-state index is 12.3. The van der Waals surface area contributed by atoms with Crippen molar-refractivity contribution >= 4 is 36.5 Å². The number of hydrogen-bond donors (Lipinski definition) is 2. The van der Waals surface area contributed by atoms with Crippen LogP contribution in [0.4, 0.5) is 5.82 Å². The van der Waals surface area contributed by atoms with Gasteiger partial charge in [0, 0.05) is 31.7 Å². The third kappa shape index (κ3) is 5.71. The molecule has 8 heteroatoms. The molecule has 1 amide bonds. The number of hydrogen-bond acceptors (Lipinski definition) is 5. The summed E-state index contributed by atoms with van der Waals surface area (Å²) in [7, 11) is 0. The highest BCUT2D eigenvalue weighted by Gasteiger charge is 2.31. The number of amides is 1. The van der Waals surface area contributed by atoms with E-state index in [1.54, 1.807) is 0 Å². The van der Waals surface area contributed by atoms with Gasteiger partial charge in [0.2, 0.25) is 5.91 Å². The van der Waals surface area contributed by atoms with E-state index in [0.717, 1.165) is 56.9 Å². The third-order valence-electron chi connectivity index (χ3n) is 4.91. The zero-order valence-corrected chi connectivity index (χ0v) is 16.0. The van der Waals surface area contributed by atoms with Crippen molar-refractivity contribution in [3.8, 4) is 0 Å². The van der Waals surface area contributed by atoms with Crippen LogP contribution in [0.3, 0.4) is 0 Å². The van der Waals surface area contributed by atoms with Gasteiger partial charge in [0.05, 0.1) is 13.2 Å². The molecular formula is C17H28Cl2N4O2. The topological polar surface area (TPSA) is 80.5 Å². The van der Waals surface area contributed by atoms with E-state index < -0.39 is 0 Å². The summed E-state index contributed by atoms with van der Waals surface area (Å²) in [6.07, 6.45) is 4.99. The number of aromatic nitrogens is 1. The van der Waals surface area contributed by atoms with E-state index in [2.05, 4.69) is 15.2 Å². The predicted molar refractivity (Wildman–Crippen MR) is 103 cm³/mol. The Morgan fingerprint density at radius 1 is 1.28 bits per heavy atom. The van der Waals surface area contributed by atoms with Gasteiger partial charge in [-0.15, -0.1) is 24.8 Å². The van der Waals surface area contributed by atoms with Crippen LogP contribution >= 0.6 is 24.8 Å². The molecule has 1 aromatic rings. The lowest BCUT2D eigenvalue weighted by atomic mass is 9.95. The summed E-state index contributed by atoms with van der Waals surface area (Å²) in [5.41, 5.74) is 6.78. The first-order valence-corrected chi connectivity index (χ1v) is 8.53. The molecule has 0 bridgehead atoms. The van der Waals surface area contributed by atoms with Crippen molar-refractivity contribution < 1.29 is 9.53 Å². The molecule has 142 valence electrons. The lowest BCUT2D eigenvalue weighted by molar-refractivity contribution is -0.126. The Hall–Kier alpha value is -1.08. The van der Waals surface area contributed by atoms with E-state index in [9.17, 15) is 4.79 Å². The van der Waals surface area contributed by atoms with Gasteiger partial charge in [-0.2, -0.15) is 0 Å². The number of morpholine rings is 1. The second-order valence-electron chi connectivity index (χ2n) is 6.38. The van der Waals surface area contributed by atoms with Gasteiger partial charge in [0.25, 0.3) is 0 Å². The summed E-state index contributed by atoms with van der Waals surface area (Å²) < 4.78 is 5.35. The number of carbonyl (C=O) groups excluding carboxylic acids is 1. The predicted octanol–water partition coefficient (Wildman–Crippen LogP) is 1.75. The smallest absolute Gasteiger partial charge is 0.223 e. The van der Waals surface area contributed by atoms with Crippen molar-refractivity contribution in [2.45, 2.75) is 25.8 Å². The van der Waals surface area contributed by atoms with Crippen LogP contribution in [0, 0.1) is 11.8 Å². The molecule has 3 rings (SSSR count). The molecule has 1 saturated carbocycles. The number of nitrogens with zero attached hydrogens (tertiary/aromatic N) is 2. The van der Waals surface area contributed by atoms with Crippen LogP contribution in [-0.2, 0) is 16.1 Å². The molecule has 2 aliphatic rings. The van der Waals surface area contributed by atoms with E-state index >= 15 is 0 Å². The summed E-state index contributed by atoms with van der Waals surface area (Å²) >= 11 is 0. The largest absolute Gasteiger partial charge is 0.378 e. The lowest BCUT2D eigenvalue weighted by Crippen LogP contribution is -2.36. The van der Waals surface area contributed by atoms with Crippen molar-refractivity contribution in [2.75, 3.05) is 37.7 Å². The number of nitrogens with one attached hydrogen (secondary N) is 1. The quantitative estimate of drug-likeness (QED) is 0.800. The Morgan fingerprint density at radius 2 is 2.04 bits per heavy atom. The van der Waals surface area contributed by atoms with Crippen LogP contribution < -0.4 is 16.0 Å². The molecule has 2 fully saturated rings. The summed E-state index contributed by atoms with van der Waals surface area (Å²) in [4.78, 5) is 19.0. The Labute approximate surface area is 161 Å². The summed E-state index contributed by atoms with van der Waals surface area (Å²) in [6, 6.07) is 4.05. The molecule has 2 atom stereocenters. The van der Waals surface area contributed by atoms with Crippen LogP contribution in [0.15, 0.2) is 18.3 Å². The van der Waals surface area contributed by atoms with E-state index in [-0.39, 0.29) is 36.6 Å². The Balaban J connectivity index is 0.00000156. The first-order valence-electron chi connectivity index (χ1n) is 8.53. The summed E-state index contributed by atoms with van der Waals surface area (Å²) in [6.45, 7) is 4.40. The van der Waals surface area contributed by atoms with E-state index in [1.165, 1.54) is 0 Å². The molecule has 0 aromatic carbocycles. The van der Waals surface area contributed by atoms with E-state index in [4.69, 9.17) is 10.5 Å². The van der Waals surface area contributed by atoms with Gasteiger partial charge in [0.1, 0.15) is 5.82 Å². The monoisotopic (exact) mass is 390 g/mol. The highest BCUT2D eigenvalue weighted by atomic mass is 35.5. The molecule has 1 aliphatic heterocycles. The number of pyridine rings is 1. The van der Waals surface area contributed by atoms with Gasteiger partial charge >= 0.3 is 0 Å². The van der Waals surface area contributed by atoms with Gasteiger partial charge in [-0.1, -0.05) is 12.5 Å². The molecular weight excluding hydrogens is 363 g/mol. The van der Waals surface area contributed by atoms with Crippen molar-refractivity contribution in [1.82, 2.24) is 10.3 Å². The molecule has 25 heavy (non-hydrogen) atoms. The second-order valence-corrected chi connectivity index (χ2v) is 6.38. The average molecular weight is 391 g/mol. The van der Waals surface area contributed by atoms with Crippen molar-refractivity contribution in [3.05, 3.63) is 23.9 Å². The fourth-order valence-electron chi connectivity index (χ4n) is 3.49. The zero-order valence-electron chi connectivity index (χ0n) is 14.4. The molecule has 1 aromatic heterocycles. The van der Waals surface area contributed by atoms with Gasteiger partial charge in [0.15, 0.2) is 0 Å². The molecule has 0 unspecified atom stereocenters. The minimum absolute atomic E-state index is 0. The standard InChI is InChI=1S/C17H26N4O2.2ClH/c18-10-14-2-1-3-15(14)17(22)20-12-13-4-5-16(19-11-13)21-6-8-23-9-7-21;;/h4-5,11,14-15H,1-3,6-10,12,18H2,(H,20,22);2*1H/t14-,15-;;/m1../s1. The minimum atomic E-state index is 0. The highest BCUT2D eigenvalue weighted by molar-refractivity contribution is 5.85. The molecule has 1 saturated heterocycles. The second kappa shape index (κ2) is 10.8. The Kier molecular flexibility index (Phi) is 9.50. The van der Waals surface area contributed by atoms with E-state index in [1.807, 2.05) is 18.3 Å². The minimum Gasteiger partial charge on any atom is -0.378 e. The number of ether oxygens (including phenoxy) is 1. The van der Waals surface area contributed by atoms with Crippen molar-refractivity contribution in [1.29, 1.82) is 0 Å². The first-order chi connectivity index (χ1) is 11.3. The molecule has 0 spiro atoms. The number of carbonyl (C=O) groups is 1. The molecule has 0 radical (unpaired) electrons. The molecule has 1 aliphatic carbocycles. The fourth-order valence-corrected chi connectivity index (χ4v) is 3.49. The highest BCUT2D eigenvalue weighted by Crippen LogP contribution is 2.31. The van der Waals surface area contributed by atoms with E-state index in [0.29, 0.717) is 19.0 Å². The first kappa shape index (κ1) is 22.0. The maximum absolute atomic E-state index is 12.3. The average Bonchev–Trinajstić information content (AvgIpc) is 3.10. The van der Waals surface area contributed by atoms with Crippen molar-refractivity contribution in [3.63, 3.8) is 0 Å². The number of anilines is 1. The number of nitrogens with two attached hydrogens (primary N) is 1. The number of rotatable bonds is 5. The van der Waals surface area contributed by atoms with Crippen LogP contribution in [0.5, 0.6) is 0 Å². The molecule has 2 heterocycles. The Morgan fingerprint density at radius 3 is 2.68 bits per heavy atom. The SMILES string of the molecule is Cl.Cl.NC[C@H]1CCC[C@H]1C(=O)NCc1ccc(N2CCOCC2)nc1. The maximum Gasteiger partial charge on any atom is 0.223 e. The lowest BCUT2D eigenvalue weighted by Gasteiger charge is -2.27. The van der Waals surface area contributed by atoms with Crippen LogP contribution in [-0.4, -0.2) is 43.7 Å².